The minimum atomic E-state index is -1.38. The molecule has 2 aromatic carbocycles. The first kappa shape index (κ1) is 26.0. The molecule has 0 radical (unpaired) electrons. The first-order valence-electron chi connectivity index (χ1n) is 12.1. The van der Waals surface area contributed by atoms with E-state index in [1.54, 1.807) is 30.3 Å². The van der Waals surface area contributed by atoms with Gasteiger partial charge in [-0.1, -0.05) is 76.4 Å². The van der Waals surface area contributed by atoms with E-state index in [0.717, 1.165) is 25.7 Å². The number of nitrogens with zero attached hydrogens (tertiary/aromatic N) is 1. The summed E-state index contributed by atoms with van der Waals surface area (Å²) in [6.07, 6.45) is 6.90. The maximum atomic E-state index is 12.6. The average molecular weight is 476 g/mol. The Balaban J connectivity index is 1.80. The number of allylic oxidation sites excluding steroid dienone is 1. The maximum absolute atomic E-state index is 12.6. The number of hydrogen-bond acceptors (Lipinski definition) is 5. The van der Waals surface area contributed by atoms with Crippen molar-refractivity contribution in [1.29, 1.82) is 5.26 Å². The van der Waals surface area contributed by atoms with E-state index in [2.05, 4.69) is 13.0 Å². The van der Waals surface area contributed by atoms with Crippen molar-refractivity contribution >= 4 is 11.9 Å². The Bertz CT molecular complexity index is 1100. The number of hydrogen-bond donors (Lipinski definition) is 1. The lowest BCUT2D eigenvalue weighted by molar-refractivity contribution is -0.145. The number of nitriles is 1. The van der Waals surface area contributed by atoms with E-state index in [9.17, 15) is 20.0 Å². The van der Waals surface area contributed by atoms with Crippen molar-refractivity contribution in [2.24, 2.45) is 16.7 Å². The normalized spacial score (nSPS) is 21.1. The van der Waals surface area contributed by atoms with Gasteiger partial charge in [0.25, 0.3) is 0 Å². The van der Waals surface area contributed by atoms with Crippen molar-refractivity contribution in [3.05, 3.63) is 72.3 Å². The standard InChI is InChI=1S/C29H33NO5/c1-4-5-6-10-18-34-26(31)17-16-25-28(2,3)29(25,27(32)33)24(20-30)21-12-11-15-23(19-21)35-22-13-8-7-9-14-22/h7-9,11-17,19,24-25H,4-6,10,18H2,1-3H3,(H,32,33)/t24?,25-,29+/m0/s1. The van der Waals surface area contributed by atoms with Crippen LogP contribution in [-0.4, -0.2) is 23.7 Å². The second-order valence-corrected chi connectivity index (χ2v) is 9.51. The van der Waals surface area contributed by atoms with E-state index in [0.29, 0.717) is 23.7 Å². The number of carbonyl (C=O) groups is 2. The molecule has 0 amide bonds. The van der Waals surface area contributed by atoms with Crippen molar-refractivity contribution in [3.63, 3.8) is 0 Å². The van der Waals surface area contributed by atoms with Gasteiger partial charge in [-0.3, -0.25) is 4.79 Å². The van der Waals surface area contributed by atoms with Gasteiger partial charge in [-0.15, -0.1) is 0 Å². The zero-order chi connectivity index (χ0) is 25.5. The number of ether oxygens (including phenoxy) is 2. The number of carbonyl (C=O) groups excluding carboxylic acids is 1. The van der Waals surface area contributed by atoms with Gasteiger partial charge in [0, 0.05) is 12.0 Å². The predicted octanol–water partition coefficient (Wildman–Crippen LogP) is 6.49. The van der Waals surface area contributed by atoms with Crippen LogP contribution in [0, 0.1) is 28.1 Å². The monoisotopic (exact) mass is 475 g/mol. The van der Waals surface area contributed by atoms with E-state index in [4.69, 9.17) is 9.47 Å². The van der Waals surface area contributed by atoms with Crippen molar-refractivity contribution in [1.82, 2.24) is 0 Å². The number of unbranched alkanes of at least 4 members (excludes halogenated alkanes) is 3. The van der Waals surface area contributed by atoms with Crippen LogP contribution in [-0.2, 0) is 14.3 Å². The van der Waals surface area contributed by atoms with Crippen LogP contribution in [0.1, 0.15) is 57.9 Å². The fraction of sp³-hybridized carbons (Fsp3) is 0.414. The predicted molar refractivity (Wildman–Crippen MR) is 133 cm³/mol. The molecule has 1 aliphatic rings. The molecule has 0 spiro atoms. The number of aliphatic carboxylic acids is 1. The van der Waals surface area contributed by atoms with Crippen LogP contribution in [0.5, 0.6) is 11.5 Å². The van der Waals surface area contributed by atoms with Gasteiger partial charge in [0.15, 0.2) is 0 Å². The molecular weight excluding hydrogens is 442 g/mol. The highest BCUT2D eigenvalue weighted by molar-refractivity contribution is 5.86. The lowest BCUT2D eigenvalue weighted by atomic mass is 9.78. The van der Waals surface area contributed by atoms with Gasteiger partial charge >= 0.3 is 11.9 Å². The van der Waals surface area contributed by atoms with Crippen LogP contribution >= 0.6 is 0 Å². The molecule has 6 heteroatoms. The van der Waals surface area contributed by atoms with Gasteiger partial charge in [-0.05, 0) is 41.7 Å². The number of esters is 1. The van der Waals surface area contributed by atoms with Gasteiger partial charge in [-0.25, -0.2) is 4.79 Å². The Kier molecular flexibility index (Phi) is 8.34. The SMILES string of the molecule is CCCCCCOC(=O)C=C[C@H]1C(C)(C)[C@]1(C(=O)O)C(C#N)c1cccc(Oc2ccccc2)c1. The Morgan fingerprint density at radius 3 is 2.46 bits per heavy atom. The minimum Gasteiger partial charge on any atom is -0.481 e. The third-order valence-corrected chi connectivity index (χ3v) is 7.03. The number of carboxylic acids is 1. The summed E-state index contributed by atoms with van der Waals surface area (Å²) in [7, 11) is 0. The zero-order valence-electron chi connectivity index (χ0n) is 20.6. The van der Waals surface area contributed by atoms with Crippen LogP contribution in [0.2, 0.25) is 0 Å². The van der Waals surface area contributed by atoms with Crippen LogP contribution in [0.25, 0.3) is 0 Å². The summed E-state index contributed by atoms with van der Waals surface area (Å²) in [6.45, 7) is 6.10. The summed E-state index contributed by atoms with van der Waals surface area (Å²) in [5.41, 5.74) is -1.57. The van der Waals surface area contributed by atoms with Gasteiger partial charge in [0.2, 0.25) is 0 Å². The molecule has 0 bridgehead atoms. The summed E-state index contributed by atoms with van der Waals surface area (Å²) >= 11 is 0. The minimum absolute atomic E-state index is 0.344. The molecule has 1 N–H and O–H groups in total. The fourth-order valence-electron chi connectivity index (χ4n) is 5.06. The lowest BCUT2D eigenvalue weighted by Gasteiger charge is -2.22. The molecule has 184 valence electrons. The number of para-hydroxylation sites is 1. The third-order valence-electron chi connectivity index (χ3n) is 7.03. The molecule has 1 saturated carbocycles. The Labute approximate surface area is 207 Å². The van der Waals surface area contributed by atoms with Crippen LogP contribution < -0.4 is 4.74 Å². The number of rotatable bonds is 12. The molecule has 6 nitrogen and oxygen atoms in total. The summed E-state index contributed by atoms with van der Waals surface area (Å²) in [4.78, 5) is 24.8. The van der Waals surface area contributed by atoms with Gasteiger partial charge < -0.3 is 14.6 Å². The smallest absolute Gasteiger partial charge is 0.330 e. The van der Waals surface area contributed by atoms with Gasteiger partial charge in [0.05, 0.1) is 18.6 Å². The fourth-order valence-corrected chi connectivity index (χ4v) is 5.06. The van der Waals surface area contributed by atoms with Crippen molar-refractivity contribution in [2.45, 2.75) is 52.4 Å². The van der Waals surface area contributed by atoms with Crippen molar-refractivity contribution in [3.8, 4) is 17.6 Å². The molecule has 0 heterocycles. The Morgan fingerprint density at radius 2 is 1.80 bits per heavy atom. The van der Waals surface area contributed by atoms with Crippen LogP contribution in [0.3, 0.4) is 0 Å². The van der Waals surface area contributed by atoms with Gasteiger partial charge in [0.1, 0.15) is 16.9 Å². The molecular formula is C29H33NO5. The third kappa shape index (κ3) is 5.40. The topological polar surface area (TPSA) is 96.6 Å². The lowest BCUT2D eigenvalue weighted by Crippen LogP contribution is -2.28. The second-order valence-electron chi connectivity index (χ2n) is 9.51. The molecule has 2 aromatic rings. The Hall–Kier alpha value is -3.59. The summed E-state index contributed by atoms with van der Waals surface area (Å²) in [5.74, 6) is -1.84. The molecule has 0 aromatic heterocycles. The van der Waals surface area contributed by atoms with Gasteiger partial charge in [-0.2, -0.15) is 5.26 Å². The number of carboxylic acid groups (broad SMARTS) is 1. The van der Waals surface area contributed by atoms with Crippen LogP contribution in [0.4, 0.5) is 0 Å². The summed E-state index contributed by atoms with van der Waals surface area (Å²) < 4.78 is 11.1. The molecule has 1 fully saturated rings. The van der Waals surface area contributed by atoms with E-state index in [-0.39, 0.29) is 0 Å². The molecule has 0 aliphatic heterocycles. The van der Waals surface area contributed by atoms with E-state index >= 15 is 0 Å². The highest BCUT2D eigenvalue weighted by Gasteiger charge is 2.78. The highest BCUT2D eigenvalue weighted by Crippen LogP contribution is 2.75. The van der Waals surface area contributed by atoms with Crippen molar-refractivity contribution < 1.29 is 24.2 Å². The second kappa shape index (κ2) is 11.2. The van der Waals surface area contributed by atoms with Crippen molar-refractivity contribution in [2.75, 3.05) is 6.61 Å². The Morgan fingerprint density at radius 1 is 1.09 bits per heavy atom. The van der Waals surface area contributed by atoms with E-state index in [1.165, 1.54) is 6.08 Å². The quantitative estimate of drug-likeness (QED) is 0.214. The first-order chi connectivity index (χ1) is 16.8. The molecule has 3 atom stereocenters. The zero-order valence-corrected chi connectivity index (χ0v) is 20.6. The average Bonchev–Trinajstić information content (AvgIpc) is 3.34. The summed E-state index contributed by atoms with van der Waals surface area (Å²) in [5, 5.41) is 20.5. The molecule has 1 unspecified atom stereocenters. The van der Waals surface area contributed by atoms with E-state index in [1.807, 2.05) is 44.2 Å². The molecule has 35 heavy (non-hydrogen) atoms. The molecule has 3 rings (SSSR count). The number of benzene rings is 2. The summed E-state index contributed by atoms with van der Waals surface area (Å²) in [6, 6.07) is 18.5. The largest absolute Gasteiger partial charge is 0.481 e. The molecule has 0 saturated heterocycles. The van der Waals surface area contributed by atoms with E-state index < -0.39 is 34.6 Å². The van der Waals surface area contributed by atoms with Crippen LogP contribution in [0.15, 0.2) is 66.7 Å². The highest BCUT2D eigenvalue weighted by atomic mass is 16.5. The molecule has 1 aliphatic carbocycles. The first-order valence-corrected chi connectivity index (χ1v) is 12.1. The maximum Gasteiger partial charge on any atom is 0.330 e.